The Morgan fingerprint density at radius 2 is 1.71 bits per heavy atom. The number of carbonyl (C=O) groups is 2. The Hall–Kier alpha value is -1.10. The highest BCUT2D eigenvalue weighted by Gasteiger charge is 2.08. The first kappa shape index (κ1) is 24.9. The maximum Gasteiger partial charge on any atom is 0.305 e. The third kappa shape index (κ3) is 24.3. The molecule has 2 saturated heterocycles. The van der Waals surface area contributed by atoms with Crippen LogP contribution in [0.4, 0.5) is 0 Å². The second-order valence-corrected chi connectivity index (χ2v) is 3.77. The maximum absolute atomic E-state index is 10.1. The van der Waals surface area contributed by atoms with Crippen molar-refractivity contribution in [1.29, 1.82) is 0 Å². The number of cyclic esters (lactones) is 1. The normalized spacial score (nSPS) is 14.6. The van der Waals surface area contributed by atoms with Gasteiger partial charge in [-0.1, -0.05) is 34.6 Å². The first-order valence-electron chi connectivity index (χ1n) is 8.12. The van der Waals surface area contributed by atoms with Crippen molar-refractivity contribution in [3.8, 4) is 0 Å². The summed E-state index contributed by atoms with van der Waals surface area (Å²) in [5, 5.41) is 2.68. The largest absolute Gasteiger partial charge is 0.466 e. The predicted molar refractivity (Wildman–Crippen MR) is 87.3 cm³/mol. The predicted octanol–water partition coefficient (Wildman–Crippen LogP) is 3.32. The third-order valence-corrected chi connectivity index (χ3v) is 2.10. The van der Waals surface area contributed by atoms with Crippen molar-refractivity contribution in [2.24, 2.45) is 0 Å². The maximum atomic E-state index is 10.1. The molecule has 1 N–H and O–H groups in total. The lowest BCUT2D eigenvalue weighted by Gasteiger charge is -1.84. The van der Waals surface area contributed by atoms with Crippen molar-refractivity contribution >= 4 is 11.9 Å². The van der Waals surface area contributed by atoms with E-state index in [2.05, 4.69) is 17.0 Å². The van der Waals surface area contributed by atoms with Crippen molar-refractivity contribution < 1.29 is 19.1 Å². The minimum absolute atomic E-state index is 0.0463. The molecule has 0 aromatic rings. The molecule has 0 bridgehead atoms. The molecule has 5 heteroatoms. The van der Waals surface area contributed by atoms with E-state index in [1.54, 1.807) is 7.11 Å². The van der Waals surface area contributed by atoms with Gasteiger partial charge in [-0.25, -0.2) is 0 Å². The molecule has 0 radical (unpaired) electrons. The number of ether oxygens (including phenoxy) is 2. The molecule has 0 unspecified atom stereocenters. The van der Waals surface area contributed by atoms with Gasteiger partial charge in [-0.2, -0.15) is 0 Å². The average molecular weight is 305 g/mol. The summed E-state index contributed by atoms with van der Waals surface area (Å²) in [6, 6.07) is 0. The second kappa shape index (κ2) is 24.0. The molecule has 128 valence electrons. The molecule has 0 saturated carbocycles. The number of amides is 1. The van der Waals surface area contributed by atoms with Crippen molar-refractivity contribution in [1.82, 2.24) is 5.32 Å². The molecule has 0 aromatic carbocycles. The monoisotopic (exact) mass is 305 g/mol. The summed E-state index contributed by atoms with van der Waals surface area (Å²) in [7, 11) is 1.71. The molecule has 21 heavy (non-hydrogen) atoms. The number of esters is 1. The van der Waals surface area contributed by atoms with Gasteiger partial charge in [0.2, 0.25) is 5.91 Å². The molecule has 2 heterocycles. The molecular weight excluding hydrogens is 270 g/mol. The fourth-order valence-corrected chi connectivity index (χ4v) is 1.24. The van der Waals surface area contributed by atoms with Crippen LogP contribution >= 0.6 is 0 Å². The van der Waals surface area contributed by atoms with Crippen LogP contribution < -0.4 is 5.32 Å². The molecule has 2 aliphatic rings. The molecule has 0 spiro atoms. The van der Waals surface area contributed by atoms with E-state index < -0.39 is 0 Å². The Kier molecular flexibility index (Phi) is 28.4. The zero-order valence-corrected chi connectivity index (χ0v) is 14.8. The Labute approximate surface area is 130 Å². The van der Waals surface area contributed by atoms with Gasteiger partial charge in [0.15, 0.2) is 0 Å². The molecule has 1 amide bonds. The summed E-state index contributed by atoms with van der Waals surface area (Å²) in [6.07, 6.45) is 4.42. The molecule has 0 aliphatic carbocycles. The lowest BCUT2D eigenvalue weighted by molar-refractivity contribution is -0.137. The summed E-state index contributed by atoms with van der Waals surface area (Å²) >= 11 is 0. The van der Waals surface area contributed by atoms with E-state index in [4.69, 9.17) is 4.74 Å². The van der Waals surface area contributed by atoms with Gasteiger partial charge in [0.05, 0.1) is 6.61 Å². The van der Waals surface area contributed by atoms with E-state index in [0.717, 1.165) is 38.8 Å². The van der Waals surface area contributed by atoms with E-state index in [0.29, 0.717) is 13.0 Å². The van der Waals surface area contributed by atoms with Gasteiger partial charge >= 0.3 is 5.97 Å². The zero-order chi connectivity index (χ0) is 16.9. The van der Waals surface area contributed by atoms with Crippen molar-refractivity contribution in [3.63, 3.8) is 0 Å². The summed E-state index contributed by atoms with van der Waals surface area (Å²) in [4.78, 5) is 20.2. The highest BCUT2D eigenvalue weighted by Crippen LogP contribution is 2.01. The van der Waals surface area contributed by atoms with Crippen LogP contribution in [0.15, 0.2) is 0 Å². The van der Waals surface area contributed by atoms with Gasteiger partial charge in [-0.15, -0.1) is 0 Å². The molecular formula is C16H35NO4. The first-order chi connectivity index (χ1) is 10.2. The van der Waals surface area contributed by atoms with Crippen LogP contribution in [0, 0.1) is 0 Å². The summed E-state index contributed by atoms with van der Waals surface area (Å²) in [5.41, 5.74) is 0. The molecule has 0 aromatic heterocycles. The van der Waals surface area contributed by atoms with Gasteiger partial charge in [0, 0.05) is 33.1 Å². The fraction of sp³-hybridized carbons (Fsp3) is 0.875. The lowest BCUT2D eigenvalue weighted by atomic mass is 10.4. The standard InChI is InChI=1S/C4H7NO.C4H6O2.C4H10O.2C2H6/c6-4-2-1-3-5-4;5-4-2-1-3-6-4;1-3-4-5-2;2*1-2/h1-3H2,(H,5,6);1-3H2;3-4H2,1-2H3;2*1-2H3. The van der Waals surface area contributed by atoms with E-state index in [1.807, 2.05) is 27.7 Å². The van der Waals surface area contributed by atoms with Crippen LogP contribution in [0.3, 0.4) is 0 Å². The number of methoxy groups -OCH3 is 1. The van der Waals surface area contributed by atoms with E-state index in [9.17, 15) is 9.59 Å². The number of nitrogens with one attached hydrogen (secondary N) is 1. The fourth-order valence-electron chi connectivity index (χ4n) is 1.24. The SMILES string of the molecule is CC.CC.CCCOC.O=C1CCCN1.O=C1CCCO1. The van der Waals surface area contributed by atoms with Crippen LogP contribution in [0.1, 0.15) is 66.7 Å². The minimum atomic E-state index is -0.0463. The van der Waals surface area contributed by atoms with Gasteiger partial charge in [0.1, 0.15) is 0 Å². The third-order valence-electron chi connectivity index (χ3n) is 2.10. The van der Waals surface area contributed by atoms with Crippen LogP contribution in [-0.2, 0) is 19.1 Å². The highest BCUT2D eigenvalue weighted by atomic mass is 16.5. The van der Waals surface area contributed by atoms with Gasteiger partial charge < -0.3 is 14.8 Å². The van der Waals surface area contributed by atoms with Crippen LogP contribution in [0.25, 0.3) is 0 Å². The Morgan fingerprint density at radius 3 is 1.81 bits per heavy atom. The van der Waals surface area contributed by atoms with Crippen LogP contribution in [0.2, 0.25) is 0 Å². The molecule has 0 atom stereocenters. The lowest BCUT2D eigenvalue weighted by Crippen LogP contribution is -2.12. The van der Waals surface area contributed by atoms with E-state index in [-0.39, 0.29) is 11.9 Å². The zero-order valence-electron chi connectivity index (χ0n) is 14.8. The summed E-state index contributed by atoms with van der Waals surface area (Å²) in [5.74, 6) is 0.157. The van der Waals surface area contributed by atoms with Crippen molar-refractivity contribution in [3.05, 3.63) is 0 Å². The van der Waals surface area contributed by atoms with Crippen LogP contribution in [0.5, 0.6) is 0 Å². The Morgan fingerprint density at radius 1 is 1.10 bits per heavy atom. The van der Waals surface area contributed by atoms with Crippen LogP contribution in [-0.4, -0.2) is 38.7 Å². The van der Waals surface area contributed by atoms with E-state index >= 15 is 0 Å². The minimum Gasteiger partial charge on any atom is -0.466 e. The number of hydrogen-bond donors (Lipinski definition) is 1. The number of carbonyl (C=O) groups excluding carboxylic acids is 2. The molecule has 5 nitrogen and oxygen atoms in total. The number of rotatable bonds is 2. The summed E-state index contributed by atoms with van der Waals surface area (Å²) < 4.78 is 9.20. The topological polar surface area (TPSA) is 64.6 Å². The Balaban J connectivity index is -0.000000208. The molecule has 2 fully saturated rings. The van der Waals surface area contributed by atoms with Gasteiger partial charge in [-0.05, 0) is 19.3 Å². The molecule has 2 rings (SSSR count). The van der Waals surface area contributed by atoms with Gasteiger partial charge in [-0.3, -0.25) is 9.59 Å². The van der Waals surface area contributed by atoms with E-state index in [1.165, 1.54) is 0 Å². The average Bonchev–Trinajstić information content (AvgIpc) is 3.19. The van der Waals surface area contributed by atoms with Crippen molar-refractivity contribution in [2.75, 3.05) is 26.9 Å². The summed E-state index contributed by atoms with van der Waals surface area (Å²) in [6.45, 7) is 12.5. The quantitative estimate of drug-likeness (QED) is 0.795. The second-order valence-electron chi connectivity index (χ2n) is 3.77. The molecule has 2 aliphatic heterocycles. The number of hydrogen-bond acceptors (Lipinski definition) is 4. The Bertz CT molecular complexity index is 182. The first-order valence-corrected chi connectivity index (χ1v) is 8.12. The highest BCUT2D eigenvalue weighted by molar-refractivity contribution is 5.77. The van der Waals surface area contributed by atoms with Gasteiger partial charge in [0.25, 0.3) is 0 Å². The van der Waals surface area contributed by atoms with Crippen molar-refractivity contribution in [2.45, 2.75) is 66.7 Å². The smallest absolute Gasteiger partial charge is 0.305 e.